The van der Waals surface area contributed by atoms with Crippen molar-refractivity contribution in [3.8, 4) is 0 Å². The van der Waals surface area contributed by atoms with E-state index in [4.69, 9.17) is 4.74 Å². The van der Waals surface area contributed by atoms with Gasteiger partial charge in [-0.1, -0.05) is 18.4 Å². The maximum Gasteiger partial charge on any atom is 0.334 e. The molecule has 0 aromatic heterocycles. The summed E-state index contributed by atoms with van der Waals surface area (Å²) in [5.74, 6) is -0.0402. The van der Waals surface area contributed by atoms with E-state index < -0.39 is 0 Å². The standard InChI is InChI=1S/C14H22O2/c1-3-16-13(15)12-11(2)7-6-10-14(12)8-4-5-9-14/h3-10H2,1-2H3. The number of carbonyl (C=O) groups excluding carboxylic acids is 1. The van der Waals surface area contributed by atoms with Gasteiger partial charge in [0, 0.05) is 11.0 Å². The minimum absolute atomic E-state index is 0.0402. The molecule has 2 heteroatoms. The molecule has 16 heavy (non-hydrogen) atoms. The molecule has 0 unspecified atom stereocenters. The van der Waals surface area contributed by atoms with Crippen LogP contribution >= 0.6 is 0 Å². The molecule has 2 aliphatic rings. The molecule has 0 amide bonds. The Hall–Kier alpha value is -0.790. The van der Waals surface area contributed by atoms with E-state index in [1.165, 1.54) is 44.1 Å². The molecular weight excluding hydrogens is 200 g/mol. The van der Waals surface area contributed by atoms with E-state index in [9.17, 15) is 4.79 Å². The fourth-order valence-electron chi connectivity index (χ4n) is 3.54. The minimum atomic E-state index is -0.0402. The molecule has 90 valence electrons. The Balaban J connectivity index is 2.30. The average molecular weight is 222 g/mol. The van der Waals surface area contributed by atoms with Crippen LogP contribution < -0.4 is 0 Å². The summed E-state index contributed by atoms with van der Waals surface area (Å²) >= 11 is 0. The van der Waals surface area contributed by atoms with E-state index in [0.29, 0.717) is 6.61 Å². The Morgan fingerprint density at radius 2 is 1.88 bits per heavy atom. The maximum absolute atomic E-state index is 12.1. The first kappa shape index (κ1) is 11.7. The van der Waals surface area contributed by atoms with Crippen molar-refractivity contribution in [1.29, 1.82) is 0 Å². The van der Waals surface area contributed by atoms with Crippen LogP contribution in [0.2, 0.25) is 0 Å². The van der Waals surface area contributed by atoms with E-state index in [1.807, 2.05) is 6.92 Å². The smallest absolute Gasteiger partial charge is 0.334 e. The molecule has 0 heterocycles. The van der Waals surface area contributed by atoms with Crippen LogP contribution in [0.5, 0.6) is 0 Å². The number of carbonyl (C=O) groups is 1. The molecule has 2 nitrogen and oxygen atoms in total. The third kappa shape index (κ3) is 1.90. The van der Waals surface area contributed by atoms with Crippen LogP contribution in [-0.2, 0) is 9.53 Å². The molecule has 0 bridgehead atoms. The Bertz CT molecular complexity index is 309. The Morgan fingerprint density at radius 3 is 2.50 bits per heavy atom. The Morgan fingerprint density at radius 1 is 1.25 bits per heavy atom. The Labute approximate surface area is 98.1 Å². The first-order chi connectivity index (χ1) is 7.69. The van der Waals surface area contributed by atoms with Crippen LogP contribution in [0.1, 0.15) is 58.8 Å². The fraction of sp³-hybridized carbons (Fsp3) is 0.786. The van der Waals surface area contributed by atoms with E-state index in [-0.39, 0.29) is 11.4 Å². The van der Waals surface area contributed by atoms with Gasteiger partial charge in [-0.15, -0.1) is 0 Å². The summed E-state index contributed by atoms with van der Waals surface area (Å²) in [7, 11) is 0. The lowest BCUT2D eigenvalue weighted by Gasteiger charge is -2.36. The largest absolute Gasteiger partial charge is 0.463 e. The molecule has 1 saturated carbocycles. The van der Waals surface area contributed by atoms with Crippen molar-refractivity contribution in [3.05, 3.63) is 11.1 Å². The molecular formula is C14H22O2. The zero-order valence-electron chi connectivity index (χ0n) is 10.5. The molecule has 0 N–H and O–H groups in total. The van der Waals surface area contributed by atoms with Gasteiger partial charge in [-0.2, -0.15) is 0 Å². The van der Waals surface area contributed by atoms with E-state index >= 15 is 0 Å². The van der Waals surface area contributed by atoms with Gasteiger partial charge in [0.15, 0.2) is 0 Å². The van der Waals surface area contributed by atoms with Crippen LogP contribution in [0.3, 0.4) is 0 Å². The van der Waals surface area contributed by atoms with Crippen molar-refractivity contribution in [2.75, 3.05) is 6.61 Å². The van der Waals surface area contributed by atoms with Crippen molar-refractivity contribution < 1.29 is 9.53 Å². The second-order valence-electron chi connectivity index (χ2n) is 5.22. The van der Waals surface area contributed by atoms with Gasteiger partial charge in [-0.3, -0.25) is 0 Å². The fourth-order valence-corrected chi connectivity index (χ4v) is 3.54. The van der Waals surface area contributed by atoms with E-state index in [0.717, 1.165) is 12.0 Å². The summed E-state index contributed by atoms with van der Waals surface area (Å²) in [5.41, 5.74) is 2.51. The molecule has 0 aromatic carbocycles. The first-order valence-electron chi connectivity index (χ1n) is 6.57. The molecule has 0 radical (unpaired) electrons. The van der Waals surface area contributed by atoms with Gasteiger partial charge in [0.1, 0.15) is 0 Å². The quantitative estimate of drug-likeness (QED) is 0.667. The number of ether oxygens (including phenoxy) is 1. The molecule has 1 fully saturated rings. The van der Waals surface area contributed by atoms with Crippen LogP contribution in [0.4, 0.5) is 0 Å². The highest BCUT2D eigenvalue weighted by atomic mass is 16.5. The molecule has 0 saturated heterocycles. The van der Waals surface area contributed by atoms with Crippen LogP contribution in [0.15, 0.2) is 11.1 Å². The molecule has 0 aromatic rings. The summed E-state index contributed by atoms with van der Waals surface area (Å²) in [5, 5.41) is 0. The predicted molar refractivity (Wildman–Crippen MR) is 64.1 cm³/mol. The lowest BCUT2D eigenvalue weighted by Crippen LogP contribution is -2.30. The zero-order valence-corrected chi connectivity index (χ0v) is 10.5. The lowest BCUT2D eigenvalue weighted by atomic mass is 9.69. The molecule has 2 rings (SSSR count). The second kappa shape index (κ2) is 4.60. The number of rotatable bonds is 2. The maximum atomic E-state index is 12.1. The van der Waals surface area contributed by atoms with E-state index in [2.05, 4.69) is 6.92 Å². The monoisotopic (exact) mass is 222 g/mol. The summed E-state index contributed by atoms with van der Waals surface area (Å²) < 4.78 is 5.24. The SMILES string of the molecule is CCOC(=O)C1=C(C)CCCC12CCCC2. The van der Waals surface area contributed by atoms with Gasteiger partial charge < -0.3 is 4.74 Å². The van der Waals surface area contributed by atoms with Crippen molar-refractivity contribution in [2.24, 2.45) is 5.41 Å². The normalized spacial score (nSPS) is 23.9. The highest BCUT2D eigenvalue weighted by Crippen LogP contribution is 2.52. The second-order valence-corrected chi connectivity index (χ2v) is 5.22. The molecule has 0 atom stereocenters. The third-order valence-electron chi connectivity index (χ3n) is 4.20. The number of hydrogen-bond acceptors (Lipinski definition) is 2. The third-order valence-corrected chi connectivity index (χ3v) is 4.20. The average Bonchev–Trinajstić information content (AvgIpc) is 2.67. The van der Waals surface area contributed by atoms with Crippen LogP contribution in [0, 0.1) is 5.41 Å². The minimum Gasteiger partial charge on any atom is -0.463 e. The van der Waals surface area contributed by atoms with Crippen LogP contribution in [-0.4, -0.2) is 12.6 Å². The van der Waals surface area contributed by atoms with Gasteiger partial charge >= 0.3 is 5.97 Å². The van der Waals surface area contributed by atoms with Gasteiger partial charge in [0.05, 0.1) is 6.61 Å². The molecule has 2 aliphatic carbocycles. The van der Waals surface area contributed by atoms with Crippen molar-refractivity contribution in [1.82, 2.24) is 0 Å². The summed E-state index contributed by atoms with van der Waals surface area (Å²) in [6.45, 7) is 4.50. The summed E-state index contributed by atoms with van der Waals surface area (Å²) in [6, 6.07) is 0. The highest BCUT2D eigenvalue weighted by Gasteiger charge is 2.43. The summed E-state index contributed by atoms with van der Waals surface area (Å²) in [4.78, 5) is 12.1. The van der Waals surface area contributed by atoms with Crippen LogP contribution in [0.25, 0.3) is 0 Å². The van der Waals surface area contributed by atoms with Crippen molar-refractivity contribution >= 4 is 5.97 Å². The molecule has 1 spiro atoms. The van der Waals surface area contributed by atoms with Gasteiger partial charge in [0.2, 0.25) is 0 Å². The van der Waals surface area contributed by atoms with Crippen molar-refractivity contribution in [2.45, 2.75) is 58.8 Å². The zero-order chi connectivity index (χ0) is 11.6. The molecule has 0 aliphatic heterocycles. The lowest BCUT2D eigenvalue weighted by molar-refractivity contribution is -0.140. The number of esters is 1. The Kier molecular flexibility index (Phi) is 3.36. The topological polar surface area (TPSA) is 26.3 Å². The summed E-state index contributed by atoms with van der Waals surface area (Å²) in [6.07, 6.45) is 8.45. The number of hydrogen-bond donors (Lipinski definition) is 0. The predicted octanol–water partition coefficient (Wildman–Crippen LogP) is 3.61. The van der Waals surface area contributed by atoms with Gasteiger partial charge in [0.25, 0.3) is 0 Å². The first-order valence-corrected chi connectivity index (χ1v) is 6.57. The number of allylic oxidation sites excluding steroid dienone is 1. The van der Waals surface area contributed by atoms with Gasteiger partial charge in [-0.25, -0.2) is 4.79 Å². The van der Waals surface area contributed by atoms with E-state index in [1.54, 1.807) is 0 Å². The van der Waals surface area contributed by atoms with Gasteiger partial charge in [-0.05, 0) is 46.0 Å². The van der Waals surface area contributed by atoms with Crippen molar-refractivity contribution in [3.63, 3.8) is 0 Å². The highest BCUT2D eigenvalue weighted by molar-refractivity contribution is 5.91.